The molecule has 1 amide bonds. The van der Waals surface area contributed by atoms with Gasteiger partial charge < -0.3 is 10.1 Å². The molecule has 1 aromatic carbocycles. The van der Waals surface area contributed by atoms with Crippen LogP contribution in [0.3, 0.4) is 0 Å². The number of cyclic esters (lactones) is 1. The summed E-state index contributed by atoms with van der Waals surface area (Å²) in [7, 11) is -3.16. The molecule has 0 saturated carbocycles. The second-order valence-corrected chi connectivity index (χ2v) is 8.99. The van der Waals surface area contributed by atoms with Crippen LogP contribution >= 0.6 is 0 Å². The van der Waals surface area contributed by atoms with Gasteiger partial charge >= 0.3 is 5.97 Å². The van der Waals surface area contributed by atoms with E-state index in [1.165, 1.54) is 17.5 Å². The first-order chi connectivity index (χ1) is 12.7. The van der Waals surface area contributed by atoms with Gasteiger partial charge in [-0.2, -0.15) is 4.31 Å². The summed E-state index contributed by atoms with van der Waals surface area (Å²) >= 11 is 0. The molecular formula is C19H24N2O5S. The van der Waals surface area contributed by atoms with Crippen LogP contribution in [0.15, 0.2) is 30.3 Å². The average Bonchev–Trinajstić information content (AvgIpc) is 3.00. The summed E-state index contributed by atoms with van der Waals surface area (Å²) in [6.07, 6.45) is 4.07. The first-order valence-corrected chi connectivity index (χ1v) is 10.8. The van der Waals surface area contributed by atoms with Crippen LogP contribution in [-0.2, 0) is 24.3 Å². The van der Waals surface area contributed by atoms with Crippen LogP contribution in [0.4, 0.5) is 0 Å². The minimum atomic E-state index is -3.16. The highest BCUT2D eigenvalue weighted by Crippen LogP contribution is 2.32. The number of carbonyl (C=O) groups is 2. The molecule has 1 N–H and O–H groups in total. The molecule has 2 atom stereocenters. The van der Waals surface area contributed by atoms with E-state index in [2.05, 4.69) is 5.32 Å². The van der Waals surface area contributed by atoms with Crippen molar-refractivity contribution in [3.8, 4) is 0 Å². The summed E-state index contributed by atoms with van der Waals surface area (Å²) in [5, 5.41) is 2.68. The Morgan fingerprint density at radius 1 is 1.30 bits per heavy atom. The lowest BCUT2D eigenvalue weighted by Crippen LogP contribution is -2.33. The monoisotopic (exact) mass is 392 g/mol. The molecule has 1 saturated heterocycles. The lowest BCUT2D eigenvalue weighted by Gasteiger charge is -2.24. The van der Waals surface area contributed by atoms with Gasteiger partial charge in [0.05, 0.1) is 18.7 Å². The molecule has 3 rings (SSSR count). The van der Waals surface area contributed by atoms with Gasteiger partial charge in [-0.3, -0.25) is 9.59 Å². The second kappa shape index (κ2) is 7.82. The predicted octanol–water partition coefficient (Wildman–Crippen LogP) is 1.27. The smallest absolute Gasteiger partial charge is 0.313 e. The molecule has 0 radical (unpaired) electrons. The third-order valence-electron chi connectivity index (χ3n) is 4.97. The van der Waals surface area contributed by atoms with Crippen LogP contribution in [-0.4, -0.2) is 56.6 Å². The second-order valence-electron chi connectivity index (χ2n) is 7.01. The standard InChI is InChI=1S/C19H24N2O5S/c1-13(22)20-12-17-11-18(19(23)26-17)16-5-3-14(4-6-16)15-7-9-21(10-8-15)27(2,24)25/h3-7,17-18H,8-12H2,1-2H3,(H,20,22)/t17-,18?/m1/s1. The number of nitrogens with one attached hydrogen (secondary N) is 1. The van der Waals surface area contributed by atoms with Gasteiger partial charge in [-0.25, -0.2) is 8.42 Å². The Morgan fingerprint density at radius 2 is 2.00 bits per heavy atom. The maximum atomic E-state index is 12.1. The molecular weight excluding hydrogens is 368 g/mol. The fourth-order valence-electron chi connectivity index (χ4n) is 3.45. The first kappa shape index (κ1) is 19.6. The number of hydrogen-bond donors (Lipinski definition) is 1. The minimum Gasteiger partial charge on any atom is -0.460 e. The van der Waals surface area contributed by atoms with Gasteiger partial charge in [-0.1, -0.05) is 30.3 Å². The number of esters is 1. The third-order valence-corrected chi connectivity index (χ3v) is 6.24. The summed E-state index contributed by atoms with van der Waals surface area (Å²) in [5.41, 5.74) is 3.04. The van der Waals surface area contributed by atoms with E-state index in [9.17, 15) is 18.0 Å². The Morgan fingerprint density at radius 3 is 2.56 bits per heavy atom. The molecule has 0 spiro atoms. The molecule has 2 aliphatic rings. The molecule has 1 unspecified atom stereocenters. The topological polar surface area (TPSA) is 92.8 Å². The molecule has 0 bridgehead atoms. The minimum absolute atomic E-state index is 0.144. The zero-order chi connectivity index (χ0) is 19.6. The van der Waals surface area contributed by atoms with Crippen molar-refractivity contribution in [2.45, 2.75) is 31.8 Å². The van der Waals surface area contributed by atoms with Crippen LogP contribution in [0.5, 0.6) is 0 Å². The molecule has 7 nitrogen and oxygen atoms in total. The zero-order valence-electron chi connectivity index (χ0n) is 15.5. The van der Waals surface area contributed by atoms with Crippen molar-refractivity contribution in [2.75, 3.05) is 25.9 Å². The molecule has 146 valence electrons. The summed E-state index contributed by atoms with van der Waals surface area (Å²) in [6, 6.07) is 7.77. The maximum absolute atomic E-state index is 12.1. The van der Waals surface area contributed by atoms with Gasteiger partial charge in [0, 0.05) is 26.4 Å². The SMILES string of the molecule is CC(=O)NC[C@H]1CC(c2ccc(C3=CCN(S(C)(=O)=O)CC3)cc2)C(=O)O1. The van der Waals surface area contributed by atoms with Crippen molar-refractivity contribution in [1.29, 1.82) is 0 Å². The molecule has 0 aliphatic carbocycles. The van der Waals surface area contributed by atoms with E-state index in [0.29, 0.717) is 32.5 Å². The zero-order valence-corrected chi connectivity index (χ0v) is 16.3. The normalized spacial score (nSPS) is 23.6. The Kier molecular flexibility index (Phi) is 5.67. The van der Waals surface area contributed by atoms with Crippen molar-refractivity contribution in [3.63, 3.8) is 0 Å². The van der Waals surface area contributed by atoms with E-state index < -0.39 is 10.0 Å². The summed E-state index contributed by atoms with van der Waals surface area (Å²) < 4.78 is 30.0. The molecule has 1 fully saturated rings. The van der Waals surface area contributed by atoms with Crippen molar-refractivity contribution >= 4 is 27.5 Å². The molecule has 1 aromatic rings. The highest BCUT2D eigenvalue weighted by Gasteiger charge is 2.35. The van der Waals surface area contributed by atoms with E-state index in [1.54, 1.807) is 0 Å². The Hall–Kier alpha value is -2.19. The fourth-order valence-corrected chi connectivity index (χ4v) is 4.22. The van der Waals surface area contributed by atoms with Crippen LogP contribution in [0.25, 0.3) is 5.57 Å². The summed E-state index contributed by atoms with van der Waals surface area (Å²) in [4.78, 5) is 23.1. The lowest BCUT2D eigenvalue weighted by molar-refractivity contribution is -0.142. The molecule has 2 aliphatic heterocycles. The number of amides is 1. The Bertz CT molecular complexity index is 861. The van der Waals surface area contributed by atoms with Gasteiger partial charge in [0.15, 0.2) is 0 Å². The largest absolute Gasteiger partial charge is 0.460 e. The van der Waals surface area contributed by atoms with Gasteiger partial charge in [0.25, 0.3) is 0 Å². The van der Waals surface area contributed by atoms with Gasteiger partial charge in [-0.05, 0) is 23.1 Å². The number of ether oxygens (including phenoxy) is 1. The van der Waals surface area contributed by atoms with Crippen molar-refractivity contribution in [1.82, 2.24) is 9.62 Å². The predicted molar refractivity (Wildman–Crippen MR) is 101 cm³/mol. The van der Waals surface area contributed by atoms with E-state index >= 15 is 0 Å². The van der Waals surface area contributed by atoms with Gasteiger partial charge in [0.2, 0.25) is 15.9 Å². The Labute approximate surface area is 159 Å². The number of sulfonamides is 1. The van der Waals surface area contributed by atoms with Crippen LogP contribution in [0.2, 0.25) is 0 Å². The highest BCUT2D eigenvalue weighted by molar-refractivity contribution is 7.88. The third kappa shape index (κ3) is 4.75. The molecule has 2 heterocycles. The van der Waals surface area contributed by atoms with Crippen molar-refractivity contribution < 1.29 is 22.7 Å². The lowest BCUT2D eigenvalue weighted by atomic mass is 9.92. The van der Waals surface area contributed by atoms with Gasteiger partial charge in [0.1, 0.15) is 6.10 Å². The fraction of sp³-hybridized carbons (Fsp3) is 0.474. The summed E-state index contributed by atoms with van der Waals surface area (Å²) in [6.45, 7) is 2.63. The maximum Gasteiger partial charge on any atom is 0.313 e. The molecule has 8 heteroatoms. The number of hydrogen-bond acceptors (Lipinski definition) is 5. The quantitative estimate of drug-likeness (QED) is 0.762. The van der Waals surface area contributed by atoms with Crippen LogP contribution < -0.4 is 5.32 Å². The van der Waals surface area contributed by atoms with Gasteiger partial charge in [-0.15, -0.1) is 0 Å². The van der Waals surface area contributed by atoms with Crippen molar-refractivity contribution in [2.24, 2.45) is 0 Å². The number of benzene rings is 1. The average molecular weight is 392 g/mol. The first-order valence-electron chi connectivity index (χ1n) is 8.93. The van der Waals surface area contributed by atoms with E-state index in [4.69, 9.17) is 4.74 Å². The van der Waals surface area contributed by atoms with Crippen molar-refractivity contribution in [3.05, 3.63) is 41.5 Å². The van der Waals surface area contributed by atoms with Crippen LogP contribution in [0, 0.1) is 0 Å². The number of carbonyl (C=O) groups excluding carboxylic acids is 2. The van der Waals surface area contributed by atoms with E-state index in [0.717, 1.165) is 16.7 Å². The highest BCUT2D eigenvalue weighted by atomic mass is 32.2. The van der Waals surface area contributed by atoms with Crippen LogP contribution in [0.1, 0.15) is 36.8 Å². The number of rotatable bonds is 5. The molecule has 27 heavy (non-hydrogen) atoms. The summed E-state index contributed by atoms with van der Waals surface area (Å²) in [5.74, 6) is -0.730. The number of nitrogens with zero attached hydrogens (tertiary/aromatic N) is 1. The molecule has 0 aromatic heterocycles. The van der Waals surface area contributed by atoms with E-state index in [-0.39, 0.29) is 23.9 Å². The Balaban J connectivity index is 1.65. The van der Waals surface area contributed by atoms with E-state index in [1.807, 2.05) is 30.3 Å².